The van der Waals surface area contributed by atoms with Crippen LogP contribution in [0, 0.1) is 0 Å². The molecule has 0 aliphatic rings. The van der Waals surface area contributed by atoms with Crippen LogP contribution in [-0.4, -0.2) is 30.7 Å². The number of aliphatic carboxylic acids is 1. The highest BCUT2D eigenvalue weighted by Gasteiger charge is 2.16. The molecule has 6 nitrogen and oxygen atoms in total. The van der Waals surface area contributed by atoms with E-state index in [2.05, 4.69) is 4.98 Å². The topological polar surface area (TPSA) is 110 Å². The van der Waals surface area contributed by atoms with Crippen LogP contribution in [0.2, 0.25) is 0 Å². The number of sulfone groups is 1. The zero-order valence-corrected chi connectivity index (χ0v) is 9.30. The lowest BCUT2D eigenvalue weighted by molar-refractivity contribution is -0.130. The average molecular weight is 248 g/mol. The van der Waals surface area contributed by atoms with Crippen molar-refractivity contribution >= 4 is 37.8 Å². The van der Waals surface area contributed by atoms with Gasteiger partial charge in [-0.05, 0) is 0 Å². The molecular weight excluding hydrogens is 240 g/mol. The van der Waals surface area contributed by atoms with Crippen LogP contribution in [0.3, 0.4) is 0 Å². The molecule has 0 aliphatic heterocycles. The molecule has 15 heavy (non-hydrogen) atoms. The van der Waals surface area contributed by atoms with Crippen LogP contribution in [-0.2, 0) is 14.6 Å². The zero-order valence-electron chi connectivity index (χ0n) is 7.67. The van der Waals surface area contributed by atoms with Crippen molar-refractivity contribution in [3.63, 3.8) is 0 Å². The minimum atomic E-state index is -3.53. The fourth-order valence-electron chi connectivity index (χ4n) is 0.846. The van der Waals surface area contributed by atoms with Gasteiger partial charge in [-0.15, -0.1) is 11.3 Å². The van der Waals surface area contributed by atoms with Crippen LogP contribution >= 0.6 is 11.3 Å². The SMILES string of the molecule is CS(=O)(=O)C=C(C(=O)O)c1csc(N)n1. The Morgan fingerprint density at radius 2 is 2.27 bits per heavy atom. The maximum Gasteiger partial charge on any atom is 0.338 e. The lowest BCUT2D eigenvalue weighted by Crippen LogP contribution is -2.03. The number of rotatable bonds is 3. The summed E-state index contributed by atoms with van der Waals surface area (Å²) in [5.74, 6) is -1.36. The molecule has 0 aliphatic carbocycles. The maximum absolute atomic E-state index is 10.9. The number of anilines is 1. The van der Waals surface area contributed by atoms with Crippen molar-refractivity contribution in [3.8, 4) is 0 Å². The van der Waals surface area contributed by atoms with Crippen molar-refractivity contribution in [2.75, 3.05) is 12.0 Å². The Kier molecular flexibility index (Phi) is 3.10. The van der Waals surface area contributed by atoms with Gasteiger partial charge in [-0.2, -0.15) is 0 Å². The van der Waals surface area contributed by atoms with Gasteiger partial charge in [0.15, 0.2) is 15.0 Å². The molecule has 0 aromatic carbocycles. The molecule has 0 amide bonds. The normalized spacial score (nSPS) is 12.7. The van der Waals surface area contributed by atoms with Crippen molar-refractivity contribution in [1.29, 1.82) is 0 Å². The fraction of sp³-hybridized carbons (Fsp3) is 0.143. The van der Waals surface area contributed by atoms with Gasteiger partial charge in [0.25, 0.3) is 0 Å². The standard InChI is InChI=1S/C7H8N2O4S2/c1-15(12,13)3-4(6(10)11)5-2-14-7(8)9-5/h2-3H,1H3,(H2,8,9)(H,10,11). The molecule has 1 aromatic rings. The Hall–Kier alpha value is -1.41. The monoisotopic (exact) mass is 248 g/mol. The summed E-state index contributed by atoms with van der Waals surface area (Å²) in [5, 5.41) is 11.0. The third-order valence-electron chi connectivity index (χ3n) is 1.36. The van der Waals surface area contributed by atoms with E-state index >= 15 is 0 Å². The number of carboxylic acids is 1. The van der Waals surface area contributed by atoms with Crippen LogP contribution in [0.4, 0.5) is 5.13 Å². The first-order valence-electron chi connectivity index (χ1n) is 3.66. The minimum Gasteiger partial charge on any atom is -0.478 e. The van der Waals surface area contributed by atoms with E-state index < -0.39 is 15.8 Å². The molecule has 1 rings (SSSR count). The smallest absolute Gasteiger partial charge is 0.338 e. The van der Waals surface area contributed by atoms with E-state index in [9.17, 15) is 13.2 Å². The lowest BCUT2D eigenvalue weighted by atomic mass is 10.2. The quantitative estimate of drug-likeness (QED) is 0.739. The van der Waals surface area contributed by atoms with Gasteiger partial charge in [-0.25, -0.2) is 18.2 Å². The highest BCUT2D eigenvalue weighted by Crippen LogP contribution is 2.20. The Morgan fingerprint density at radius 3 is 2.60 bits per heavy atom. The predicted octanol–water partition coefficient (Wildman–Crippen LogP) is 0.195. The molecule has 0 spiro atoms. The van der Waals surface area contributed by atoms with Gasteiger partial charge < -0.3 is 10.8 Å². The molecule has 0 saturated carbocycles. The number of carbonyl (C=O) groups is 1. The Labute approximate surface area is 90.0 Å². The second-order valence-electron chi connectivity index (χ2n) is 2.74. The first-order chi connectivity index (χ1) is 6.79. The van der Waals surface area contributed by atoms with E-state index in [1.54, 1.807) is 0 Å². The molecule has 0 unspecified atom stereocenters. The van der Waals surface area contributed by atoms with E-state index in [0.29, 0.717) is 5.41 Å². The summed E-state index contributed by atoms with van der Waals surface area (Å²) in [7, 11) is -3.53. The summed E-state index contributed by atoms with van der Waals surface area (Å²) in [4.78, 5) is 14.5. The highest BCUT2D eigenvalue weighted by molar-refractivity contribution is 7.93. The summed E-state index contributed by atoms with van der Waals surface area (Å²) >= 11 is 1.04. The molecular formula is C7H8N2O4S2. The van der Waals surface area contributed by atoms with Crippen molar-refractivity contribution in [3.05, 3.63) is 16.5 Å². The van der Waals surface area contributed by atoms with Gasteiger partial charge in [0.05, 0.1) is 11.3 Å². The first kappa shape index (κ1) is 11.7. The molecule has 0 radical (unpaired) electrons. The van der Waals surface area contributed by atoms with Crippen LogP contribution in [0.15, 0.2) is 10.8 Å². The van der Waals surface area contributed by atoms with E-state index in [0.717, 1.165) is 17.6 Å². The summed E-state index contributed by atoms with van der Waals surface area (Å²) in [6, 6.07) is 0. The van der Waals surface area contributed by atoms with E-state index in [1.165, 1.54) is 5.38 Å². The van der Waals surface area contributed by atoms with E-state index in [-0.39, 0.29) is 16.4 Å². The van der Waals surface area contributed by atoms with Gasteiger partial charge >= 0.3 is 5.97 Å². The van der Waals surface area contributed by atoms with E-state index in [1.807, 2.05) is 0 Å². The zero-order chi connectivity index (χ0) is 11.6. The van der Waals surface area contributed by atoms with Gasteiger partial charge in [-0.1, -0.05) is 0 Å². The fourth-order valence-corrected chi connectivity index (χ4v) is 2.06. The lowest BCUT2D eigenvalue weighted by Gasteiger charge is -1.96. The van der Waals surface area contributed by atoms with Crippen LogP contribution in [0.5, 0.6) is 0 Å². The van der Waals surface area contributed by atoms with Crippen molar-refractivity contribution < 1.29 is 18.3 Å². The summed E-state index contributed by atoms with van der Waals surface area (Å²) in [6.45, 7) is 0. The summed E-state index contributed by atoms with van der Waals surface area (Å²) in [6.07, 6.45) is 0.908. The number of carboxylic acid groups (broad SMARTS) is 1. The van der Waals surface area contributed by atoms with Gasteiger partial charge in [-0.3, -0.25) is 0 Å². The summed E-state index contributed by atoms with van der Waals surface area (Å²) in [5.41, 5.74) is 4.99. The van der Waals surface area contributed by atoms with Gasteiger partial charge in [0.1, 0.15) is 0 Å². The van der Waals surface area contributed by atoms with Gasteiger partial charge in [0, 0.05) is 17.0 Å². The van der Waals surface area contributed by atoms with Crippen molar-refractivity contribution in [2.45, 2.75) is 0 Å². The van der Waals surface area contributed by atoms with Crippen LogP contribution in [0.1, 0.15) is 5.69 Å². The number of thiazole rings is 1. The second-order valence-corrected chi connectivity index (χ2v) is 5.52. The summed E-state index contributed by atoms with van der Waals surface area (Å²) < 4.78 is 21.9. The van der Waals surface area contributed by atoms with Crippen LogP contribution in [0.25, 0.3) is 5.57 Å². The van der Waals surface area contributed by atoms with Crippen LogP contribution < -0.4 is 5.73 Å². The number of hydrogen-bond donors (Lipinski definition) is 2. The highest BCUT2D eigenvalue weighted by atomic mass is 32.2. The van der Waals surface area contributed by atoms with Crippen molar-refractivity contribution in [2.24, 2.45) is 0 Å². The number of nitrogens with zero attached hydrogens (tertiary/aromatic N) is 1. The number of nitrogen functional groups attached to an aromatic ring is 1. The first-order valence-corrected chi connectivity index (χ1v) is 6.49. The molecule has 0 saturated heterocycles. The maximum atomic E-state index is 10.9. The number of aromatic nitrogens is 1. The molecule has 0 atom stereocenters. The minimum absolute atomic E-state index is 0.0513. The molecule has 82 valence electrons. The number of nitrogens with two attached hydrogens (primary N) is 1. The average Bonchev–Trinajstić information content (AvgIpc) is 2.45. The Bertz CT molecular complexity index is 515. The molecule has 0 fully saturated rings. The Morgan fingerprint density at radius 1 is 1.67 bits per heavy atom. The number of hydrogen-bond acceptors (Lipinski definition) is 6. The third-order valence-corrected chi connectivity index (χ3v) is 2.70. The molecule has 1 aromatic heterocycles. The van der Waals surface area contributed by atoms with Crippen molar-refractivity contribution in [1.82, 2.24) is 4.98 Å². The Balaban J connectivity index is 3.27. The molecule has 0 bridgehead atoms. The largest absolute Gasteiger partial charge is 0.478 e. The molecule has 8 heteroatoms. The van der Waals surface area contributed by atoms with Gasteiger partial charge in [0.2, 0.25) is 0 Å². The second kappa shape index (κ2) is 3.99. The third kappa shape index (κ3) is 3.33. The van der Waals surface area contributed by atoms with E-state index in [4.69, 9.17) is 10.8 Å². The molecule has 1 heterocycles. The predicted molar refractivity (Wildman–Crippen MR) is 57.0 cm³/mol. The molecule has 3 N–H and O–H groups in total.